The first-order valence-electron chi connectivity index (χ1n) is 6.42. The molecular weight excluding hydrogens is 250 g/mol. The number of halogens is 2. The van der Waals surface area contributed by atoms with Crippen molar-refractivity contribution in [3.05, 3.63) is 35.4 Å². The minimum atomic E-state index is -1.18. The molecule has 108 valence electrons. The predicted molar refractivity (Wildman–Crippen MR) is 72.0 cm³/mol. The summed E-state index contributed by atoms with van der Waals surface area (Å²) in [6.45, 7) is 3.03. The lowest BCUT2D eigenvalue weighted by atomic mass is 10.1. The summed E-state index contributed by atoms with van der Waals surface area (Å²) >= 11 is 0. The minimum absolute atomic E-state index is 0.131. The zero-order chi connectivity index (χ0) is 14.4. The van der Waals surface area contributed by atoms with E-state index in [2.05, 4.69) is 10.2 Å². The number of benzene rings is 1. The highest BCUT2D eigenvalue weighted by Crippen LogP contribution is 2.20. The summed E-state index contributed by atoms with van der Waals surface area (Å²) in [6.07, 6.45) is -0.276. The van der Waals surface area contributed by atoms with Crippen molar-refractivity contribution in [1.82, 2.24) is 10.2 Å². The van der Waals surface area contributed by atoms with Crippen LogP contribution >= 0.6 is 0 Å². The number of aliphatic hydroxyl groups is 1. The third-order valence-corrected chi connectivity index (χ3v) is 3.00. The van der Waals surface area contributed by atoms with Gasteiger partial charge in [-0.05, 0) is 46.1 Å². The Morgan fingerprint density at radius 1 is 1.26 bits per heavy atom. The first-order valence-corrected chi connectivity index (χ1v) is 6.42. The highest BCUT2D eigenvalue weighted by molar-refractivity contribution is 5.22. The van der Waals surface area contributed by atoms with Gasteiger partial charge in [-0.3, -0.25) is 0 Å². The van der Waals surface area contributed by atoms with Crippen LogP contribution in [0, 0.1) is 11.6 Å². The van der Waals surface area contributed by atoms with Gasteiger partial charge in [0.15, 0.2) is 0 Å². The van der Waals surface area contributed by atoms with Gasteiger partial charge in [0.05, 0.1) is 11.7 Å². The van der Waals surface area contributed by atoms with E-state index in [1.165, 1.54) is 6.07 Å². The molecule has 0 aromatic heterocycles. The molecule has 0 spiro atoms. The van der Waals surface area contributed by atoms with Crippen LogP contribution in [0.5, 0.6) is 0 Å². The van der Waals surface area contributed by atoms with Gasteiger partial charge in [0.1, 0.15) is 11.6 Å². The Hall–Kier alpha value is -1.04. The molecule has 0 fully saturated rings. The third-order valence-electron chi connectivity index (χ3n) is 3.00. The molecule has 1 aromatic carbocycles. The molecule has 2 unspecified atom stereocenters. The molecule has 0 heterocycles. The van der Waals surface area contributed by atoms with E-state index in [1.807, 2.05) is 21.0 Å². The van der Waals surface area contributed by atoms with Crippen molar-refractivity contribution in [2.24, 2.45) is 0 Å². The summed E-state index contributed by atoms with van der Waals surface area (Å²) < 4.78 is 26.9. The number of nitrogens with one attached hydrogen (secondary N) is 1. The molecule has 0 saturated heterocycles. The molecule has 0 bridgehead atoms. The van der Waals surface area contributed by atoms with E-state index in [0.717, 1.165) is 25.1 Å². The molecule has 1 rings (SSSR count). The normalized spacial score (nSPS) is 14.7. The summed E-state index contributed by atoms with van der Waals surface area (Å²) in [4.78, 5) is 2.06. The van der Waals surface area contributed by atoms with Gasteiger partial charge >= 0.3 is 0 Å². The highest BCUT2D eigenvalue weighted by Gasteiger charge is 2.18. The average molecular weight is 272 g/mol. The first kappa shape index (κ1) is 16.0. The first-order chi connectivity index (χ1) is 8.91. The summed E-state index contributed by atoms with van der Waals surface area (Å²) in [6, 6.07) is 3.76. The molecule has 0 saturated carbocycles. The molecule has 0 radical (unpaired) electrons. The van der Waals surface area contributed by atoms with Crippen molar-refractivity contribution in [2.75, 3.05) is 27.2 Å². The quantitative estimate of drug-likeness (QED) is 0.796. The summed E-state index contributed by atoms with van der Waals surface area (Å²) in [5.74, 6) is -1.43. The maximum atomic E-state index is 13.4. The van der Waals surface area contributed by atoms with Crippen LogP contribution in [0.2, 0.25) is 0 Å². The van der Waals surface area contributed by atoms with Crippen LogP contribution in [0.25, 0.3) is 0 Å². The standard InChI is InChI=1S/C14H22F2N2O/c1-10(7-8-18(2)3)17-9-13(19)14-11(15)5-4-6-12(14)16/h4-6,10,13,17,19H,7-9H2,1-3H3. The van der Waals surface area contributed by atoms with E-state index in [0.29, 0.717) is 0 Å². The minimum Gasteiger partial charge on any atom is -0.387 e. The van der Waals surface area contributed by atoms with Gasteiger partial charge < -0.3 is 15.3 Å². The van der Waals surface area contributed by atoms with Crippen molar-refractivity contribution in [3.8, 4) is 0 Å². The Bertz CT molecular complexity index is 379. The van der Waals surface area contributed by atoms with Crippen molar-refractivity contribution in [1.29, 1.82) is 0 Å². The molecule has 1 aromatic rings. The van der Waals surface area contributed by atoms with Gasteiger partial charge in [-0.1, -0.05) is 6.07 Å². The van der Waals surface area contributed by atoms with Crippen LogP contribution in [-0.4, -0.2) is 43.2 Å². The van der Waals surface area contributed by atoms with Gasteiger partial charge in [-0.25, -0.2) is 8.78 Å². The summed E-state index contributed by atoms with van der Waals surface area (Å²) in [5.41, 5.74) is -0.269. The lowest BCUT2D eigenvalue weighted by Crippen LogP contribution is -2.33. The summed E-state index contributed by atoms with van der Waals surface area (Å²) in [5, 5.41) is 12.9. The smallest absolute Gasteiger partial charge is 0.131 e. The molecule has 2 atom stereocenters. The fourth-order valence-corrected chi connectivity index (χ4v) is 1.80. The molecule has 5 heteroatoms. The molecule has 0 aliphatic rings. The Labute approximate surface area is 113 Å². The largest absolute Gasteiger partial charge is 0.387 e. The zero-order valence-electron chi connectivity index (χ0n) is 11.7. The third kappa shape index (κ3) is 5.22. The number of nitrogens with zero attached hydrogens (tertiary/aromatic N) is 1. The van der Waals surface area contributed by atoms with Crippen LogP contribution in [0.3, 0.4) is 0 Å². The second-order valence-corrected chi connectivity index (χ2v) is 5.05. The monoisotopic (exact) mass is 272 g/mol. The van der Waals surface area contributed by atoms with Crippen molar-refractivity contribution in [2.45, 2.75) is 25.5 Å². The molecule has 19 heavy (non-hydrogen) atoms. The second-order valence-electron chi connectivity index (χ2n) is 5.05. The van der Waals surface area contributed by atoms with Crippen LogP contribution in [0.1, 0.15) is 25.0 Å². The highest BCUT2D eigenvalue weighted by atomic mass is 19.1. The Morgan fingerprint density at radius 2 is 1.84 bits per heavy atom. The van der Waals surface area contributed by atoms with Crippen LogP contribution in [0.15, 0.2) is 18.2 Å². The lowest BCUT2D eigenvalue weighted by Gasteiger charge is -2.19. The SMILES string of the molecule is CC(CCN(C)C)NCC(O)c1c(F)cccc1F. The van der Waals surface area contributed by atoms with E-state index in [1.54, 1.807) is 0 Å². The fraction of sp³-hybridized carbons (Fsp3) is 0.571. The van der Waals surface area contributed by atoms with Crippen LogP contribution < -0.4 is 5.32 Å². The topological polar surface area (TPSA) is 35.5 Å². The van der Waals surface area contributed by atoms with E-state index >= 15 is 0 Å². The van der Waals surface area contributed by atoms with Gasteiger partial charge in [-0.2, -0.15) is 0 Å². The van der Waals surface area contributed by atoms with Crippen molar-refractivity contribution in [3.63, 3.8) is 0 Å². The lowest BCUT2D eigenvalue weighted by molar-refractivity contribution is 0.160. The van der Waals surface area contributed by atoms with Gasteiger partial charge in [0.2, 0.25) is 0 Å². The van der Waals surface area contributed by atoms with Gasteiger partial charge in [0, 0.05) is 12.6 Å². The molecule has 0 aliphatic carbocycles. The van der Waals surface area contributed by atoms with Gasteiger partial charge in [-0.15, -0.1) is 0 Å². The Balaban J connectivity index is 2.49. The van der Waals surface area contributed by atoms with Crippen molar-refractivity contribution < 1.29 is 13.9 Å². The van der Waals surface area contributed by atoms with Crippen LogP contribution in [0.4, 0.5) is 8.78 Å². The van der Waals surface area contributed by atoms with Crippen LogP contribution in [-0.2, 0) is 0 Å². The summed E-state index contributed by atoms with van der Waals surface area (Å²) in [7, 11) is 3.96. The van der Waals surface area contributed by atoms with E-state index < -0.39 is 17.7 Å². The van der Waals surface area contributed by atoms with Crippen molar-refractivity contribution >= 4 is 0 Å². The molecule has 3 nitrogen and oxygen atoms in total. The maximum Gasteiger partial charge on any atom is 0.131 e. The molecular formula is C14H22F2N2O. The number of hydrogen-bond acceptors (Lipinski definition) is 3. The predicted octanol–water partition coefficient (Wildman–Crippen LogP) is 1.93. The second kappa shape index (κ2) is 7.53. The average Bonchev–Trinajstić information content (AvgIpc) is 2.33. The zero-order valence-corrected chi connectivity index (χ0v) is 11.7. The van der Waals surface area contributed by atoms with E-state index in [9.17, 15) is 13.9 Å². The molecule has 0 amide bonds. The van der Waals surface area contributed by atoms with E-state index in [-0.39, 0.29) is 18.2 Å². The number of aliphatic hydroxyl groups excluding tert-OH is 1. The number of rotatable bonds is 7. The van der Waals surface area contributed by atoms with E-state index in [4.69, 9.17) is 0 Å². The maximum absolute atomic E-state index is 13.4. The Morgan fingerprint density at radius 3 is 2.37 bits per heavy atom. The molecule has 0 aliphatic heterocycles. The molecule has 2 N–H and O–H groups in total. The number of hydrogen-bond donors (Lipinski definition) is 2. The van der Waals surface area contributed by atoms with Gasteiger partial charge in [0.25, 0.3) is 0 Å². The Kier molecular flexibility index (Phi) is 6.34. The fourth-order valence-electron chi connectivity index (χ4n) is 1.80.